The van der Waals surface area contributed by atoms with Crippen LogP contribution in [0.15, 0.2) is 47.0 Å². The van der Waals surface area contributed by atoms with E-state index in [2.05, 4.69) is 15.1 Å². The molecule has 7 heteroatoms. The number of thioether (sulfide) groups is 1. The van der Waals surface area contributed by atoms with Crippen molar-refractivity contribution in [1.29, 1.82) is 0 Å². The zero-order valence-electron chi connectivity index (χ0n) is 9.82. The Hall–Kier alpha value is -2.15. The molecular formula is C12H11FN4OS. The number of rotatable bonds is 4. The first-order chi connectivity index (χ1) is 9.20. The third kappa shape index (κ3) is 3.41. The van der Waals surface area contributed by atoms with E-state index in [0.717, 1.165) is 10.6 Å². The molecule has 0 aliphatic carbocycles. The van der Waals surface area contributed by atoms with Gasteiger partial charge in [0.25, 0.3) is 0 Å². The van der Waals surface area contributed by atoms with Crippen LogP contribution in [0.3, 0.4) is 0 Å². The van der Waals surface area contributed by atoms with Crippen LogP contribution in [0, 0.1) is 5.82 Å². The summed E-state index contributed by atoms with van der Waals surface area (Å²) >= 11 is 1.46. The van der Waals surface area contributed by atoms with Crippen LogP contribution in [-0.2, 0) is 5.75 Å². The van der Waals surface area contributed by atoms with Crippen molar-refractivity contribution in [3.05, 3.63) is 53.7 Å². The van der Waals surface area contributed by atoms with E-state index in [1.807, 2.05) is 0 Å². The Bertz CT molecular complexity index is 592. The molecule has 0 saturated carbocycles. The molecule has 0 atom stereocenters. The average molecular weight is 278 g/mol. The van der Waals surface area contributed by atoms with Crippen LogP contribution < -0.4 is 5.73 Å². The van der Waals surface area contributed by atoms with Gasteiger partial charge in [-0.1, -0.05) is 11.2 Å². The number of halogens is 1. The van der Waals surface area contributed by atoms with Crippen molar-refractivity contribution < 1.29 is 9.60 Å². The number of amidine groups is 1. The highest BCUT2D eigenvalue weighted by atomic mass is 32.2. The number of nitrogens with two attached hydrogens (primary N) is 1. The van der Waals surface area contributed by atoms with Crippen molar-refractivity contribution in [1.82, 2.24) is 9.97 Å². The molecule has 2 rings (SSSR count). The highest BCUT2D eigenvalue weighted by Gasteiger charge is 2.09. The van der Waals surface area contributed by atoms with Crippen molar-refractivity contribution >= 4 is 17.6 Å². The van der Waals surface area contributed by atoms with Gasteiger partial charge in [-0.15, -0.1) is 11.8 Å². The molecule has 1 aromatic carbocycles. The minimum absolute atomic E-state index is 0.113. The molecule has 1 heterocycles. The first-order valence-corrected chi connectivity index (χ1v) is 6.34. The second-order valence-corrected chi connectivity index (χ2v) is 4.62. The molecular weight excluding hydrogens is 267 g/mol. The fraction of sp³-hybridized carbons (Fsp3) is 0.0833. The lowest BCUT2D eigenvalue weighted by atomic mass is 10.1. The molecule has 2 aromatic rings. The van der Waals surface area contributed by atoms with Crippen LogP contribution in [0.5, 0.6) is 0 Å². The number of hydrogen-bond donors (Lipinski definition) is 2. The van der Waals surface area contributed by atoms with Gasteiger partial charge in [-0.05, 0) is 23.8 Å². The maximum Gasteiger partial charge on any atom is 0.170 e. The highest BCUT2D eigenvalue weighted by molar-refractivity contribution is 7.98. The maximum atomic E-state index is 13.2. The van der Waals surface area contributed by atoms with E-state index in [1.165, 1.54) is 30.2 Å². The lowest BCUT2D eigenvalue weighted by molar-refractivity contribution is 0.318. The van der Waals surface area contributed by atoms with Crippen molar-refractivity contribution in [3.8, 4) is 0 Å². The van der Waals surface area contributed by atoms with Crippen LogP contribution in [0.2, 0.25) is 0 Å². The summed E-state index contributed by atoms with van der Waals surface area (Å²) in [5.74, 6) is -0.0155. The van der Waals surface area contributed by atoms with E-state index in [0.29, 0.717) is 11.3 Å². The largest absolute Gasteiger partial charge is 0.409 e. The molecule has 98 valence electrons. The van der Waals surface area contributed by atoms with Crippen LogP contribution in [0.1, 0.15) is 11.1 Å². The second kappa shape index (κ2) is 6.14. The zero-order valence-corrected chi connectivity index (χ0v) is 10.6. The average Bonchev–Trinajstić information content (AvgIpc) is 2.46. The van der Waals surface area contributed by atoms with Crippen molar-refractivity contribution in [2.24, 2.45) is 10.9 Å². The molecule has 0 fully saturated rings. The van der Waals surface area contributed by atoms with Crippen molar-refractivity contribution in [2.45, 2.75) is 10.8 Å². The summed E-state index contributed by atoms with van der Waals surface area (Å²) in [5, 5.41) is 12.4. The molecule has 0 radical (unpaired) electrons. The highest BCUT2D eigenvalue weighted by Crippen LogP contribution is 2.22. The van der Waals surface area contributed by atoms with E-state index in [9.17, 15) is 4.39 Å². The summed E-state index contributed by atoms with van der Waals surface area (Å²) in [4.78, 5) is 7.90. The fourth-order valence-electron chi connectivity index (χ4n) is 1.48. The molecule has 0 aliphatic heterocycles. The Labute approximate surface area is 113 Å². The molecule has 0 bridgehead atoms. The molecule has 0 spiro atoms. The molecule has 1 aromatic heterocycles. The van der Waals surface area contributed by atoms with Crippen molar-refractivity contribution in [2.75, 3.05) is 0 Å². The van der Waals surface area contributed by atoms with Gasteiger partial charge in [0, 0.05) is 17.5 Å². The fourth-order valence-corrected chi connectivity index (χ4v) is 2.32. The van der Waals surface area contributed by atoms with Gasteiger partial charge >= 0.3 is 0 Å². The number of nitrogens with zero attached hydrogens (tertiary/aromatic N) is 3. The molecule has 5 nitrogen and oxygen atoms in total. The first-order valence-electron chi connectivity index (χ1n) is 5.36. The minimum atomic E-state index is -0.433. The Balaban J connectivity index is 2.20. The maximum absolute atomic E-state index is 13.2. The molecule has 0 unspecified atom stereocenters. The monoisotopic (exact) mass is 278 g/mol. The first kappa shape index (κ1) is 13.3. The lowest BCUT2D eigenvalue weighted by Crippen LogP contribution is -2.15. The minimum Gasteiger partial charge on any atom is -0.409 e. The third-order valence-corrected chi connectivity index (χ3v) is 3.38. The van der Waals surface area contributed by atoms with Gasteiger partial charge in [0.2, 0.25) is 0 Å². The quantitative estimate of drug-likeness (QED) is 0.223. The summed E-state index contributed by atoms with van der Waals surface area (Å²) in [6.45, 7) is 0. The summed E-state index contributed by atoms with van der Waals surface area (Å²) in [6, 6.07) is 5.96. The normalized spacial score (nSPS) is 11.5. The molecule has 0 saturated heterocycles. The Kier molecular flexibility index (Phi) is 4.30. The third-order valence-electron chi connectivity index (χ3n) is 2.39. The van der Waals surface area contributed by atoms with Crippen LogP contribution in [0.25, 0.3) is 0 Å². The van der Waals surface area contributed by atoms with Gasteiger partial charge in [0.15, 0.2) is 5.84 Å². The molecule has 0 aliphatic rings. The Morgan fingerprint density at radius 2 is 2.26 bits per heavy atom. The zero-order chi connectivity index (χ0) is 13.7. The molecule has 0 amide bonds. The van der Waals surface area contributed by atoms with E-state index in [-0.39, 0.29) is 5.84 Å². The van der Waals surface area contributed by atoms with E-state index >= 15 is 0 Å². The van der Waals surface area contributed by atoms with Gasteiger partial charge in [-0.25, -0.2) is 14.4 Å². The second-order valence-electron chi connectivity index (χ2n) is 3.62. The van der Waals surface area contributed by atoms with E-state index < -0.39 is 5.82 Å². The predicted molar refractivity (Wildman–Crippen MR) is 70.5 cm³/mol. The lowest BCUT2D eigenvalue weighted by Gasteiger charge is -2.07. The molecule has 3 N–H and O–H groups in total. The number of hydrogen-bond acceptors (Lipinski definition) is 5. The van der Waals surface area contributed by atoms with Gasteiger partial charge < -0.3 is 10.9 Å². The number of aromatic nitrogens is 2. The number of benzene rings is 1. The van der Waals surface area contributed by atoms with Crippen LogP contribution >= 0.6 is 11.8 Å². The van der Waals surface area contributed by atoms with E-state index in [4.69, 9.17) is 10.9 Å². The predicted octanol–water partition coefficient (Wildman–Crippen LogP) is 2.00. The Morgan fingerprint density at radius 3 is 2.95 bits per heavy atom. The summed E-state index contributed by atoms with van der Waals surface area (Å²) in [7, 11) is 0. The topological polar surface area (TPSA) is 84.4 Å². The Morgan fingerprint density at radius 1 is 1.42 bits per heavy atom. The van der Waals surface area contributed by atoms with Gasteiger partial charge in [0.05, 0.1) is 5.03 Å². The van der Waals surface area contributed by atoms with Gasteiger partial charge in [-0.2, -0.15) is 0 Å². The van der Waals surface area contributed by atoms with Crippen molar-refractivity contribution in [3.63, 3.8) is 0 Å². The van der Waals surface area contributed by atoms with Gasteiger partial charge in [-0.3, -0.25) is 0 Å². The smallest absolute Gasteiger partial charge is 0.170 e. The van der Waals surface area contributed by atoms with Crippen LogP contribution in [0.4, 0.5) is 4.39 Å². The van der Waals surface area contributed by atoms with Crippen LogP contribution in [-0.4, -0.2) is 21.0 Å². The summed E-state index contributed by atoms with van der Waals surface area (Å²) < 4.78 is 13.2. The molecule has 19 heavy (non-hydrogen) atoms. The summed E-state index contributed by atoms with van der Waals surface area (Å²) in [5.41, 5.74) is 6.67. The van der Waals surface area contributed by atoms with Gasteiger partial charge in [0.1, 0.15) is 12.1 Å². The summed E-state index contributed by atoms with van der Waals surface area (Å²) in [6.07, 6.45) is 3.10. The van der Waals surface area contributed by atoms with E-state index in [1.54, 1.807) is 18.3 Å². The number of oxime groups is 1. The standard InChI is InChI=1S/C12H11FN4OS/c13-9-2-1-8(10(5-9)12(14)17-18)6-19-11-3-4-15-7-16-11/h1-5,7,18H,6H2,(H2,14,17). The SMILES string of the molecule is NC(=NO)c1cc(F)ccc1CSc1ccncn1.